The largest absolute Gasteiger partial charge is 0.384 e. The first-order valence-electron chi connectivity index (χ1n) is 10.9. The third-order valence-electron chi connectivity index (χ3n) is 6.65. The van der Waals surface area contributed by atoms with Crippen LogP contribution in [-0.2, 0) is 6.54 Å². The van der Waals surface area contributed by atoms with Gasteiger partial charge in [0.1, 0.15) is 17.5 Å². The molecule has 33 heavy (non-hydrogen) atoms. The van der Waals surface area contributed by atoms with Gasteiger partial charge in [-0.15, -0.1) is 0 Å². The Morgan fingerprint density at radius 2 is 1.88 bits per heavy atom. The molecule has 2 aromatic heterocycles. The number of nitrogens with zero attached hydrogens (tertiary/aromatic N) is 4. The fraction of sp³-hybridized carbons (Fsp3) is 0.435. The summed E-state index contributed by atoms with van der Waals surface area (Å²) in [6.45, 7) is 0.987. The number of carbonyl (C=O) groups excluding carboxylic acids is 1. The van der Waals surface area contributed by atoms with Crippen molar-refractivity contribution in [2.45, 2.75) is 44.1 Å². The van der Waals surface area contributed by atoms with Crippen LogP contribution in [0.5, 0.6) is 0 Å². The summed E-state index contributed by atoms with van der Waals surface area (Å²) in [4.78, 5) is 18.2. The molecule has 2 N–H and O–H groups in total. The number of nitrogens with two attached hydrogens (primary N) is 1. The minimum Gasteiger partial charge on any atom is -0.384 e. The number of alkyl halides is 2. The molecule has 0 atom stereocenters. The first kappa shape index (κ1) is 21.7. The number of likely N-dealkylation sites (tertiary alicyclic amines) is 1. The van der Waals surface area contributed by atoms with Crippen LogP contribution in [0.2, 0.25) is 0 Å². The zero-order valence-electron chi connectivity index (χ0n) is 17.8. The summed E-state index contributed by atoms with van der Waals surface area (Å²) in [6.07, 6.45) is 1.75. The van der Waals surface area contributed by atoms with Crippen LogP contribution in [0.25, 0.3) is 10.9 Å². The summed E-state index contributed by atoms with van der Waals surface area (Å²) in [5, 5.41) is 4.80. The van der Waals surface area contributed by atoms with Crippen molar-refractivity contribution in [3.05, 3.63) is 53.4 Å². The van der Waals surface area contributed by atoms with Gasteiger partial charge in [-0.05, 0) is 37.0 Å². The Morgan fingerprint density at radius 3 is 2.58 bits per heavy atom. The van der Waals surface area contributed by atoms with Gasteiger partial charge in [0.2, 0.25) is 5.92 Å². The molecular formula is C23H23F4N5O. The molecule has 1 aliphatic carbocycles. The van der Waals surface area contributed by atoms with E-state index in [2.05, 4.69) is 10.1 Å². The van der Waals surface area contributed by atoms with E-state index in [1.165, 1.54) is 18.3 Å². The highest BCUT2D eigenvalue weighted by molar-refractivity contribution is 5.95. The predicted molar refractivity (Wildman–Crippen MR) is 114 cm³/mol. The maximum Gasteiger partial charge on any atom is 0.254 e. The van der Waals surface area contributed by atoms with Gasteiger partial charge < -0.3 is 10.6 Å². The molecule has 2 aliphatic rings. The van der Waals surface area contributed by atoms with Crippen molar-refractivity contribution in [1.82, 2.24) is 19.7 Å². The van der Waals surface area contributed by atoms with Gasteiger partial charge in [-0.2, -0.15) is 5.10 Å². The van der Waals surface area contributed by atoms with Crippen LogP contribution in [0.4, 0.5) is 23.4 Å². The first-order chi connectivity index (χ1) is 15.7. The van der Waals surface area contributed by atoms with Crippen LogP contribution in [-0.4, -0.2) is 44.6 Å². The molecule has 2 fully saturated rings. The Morgan fingerprint density at radius 1 is 1.15 bits per heavy atom. The van der Waals surface area contributed by atoms with E-state index < -0.39 is 17.6 Å². The Bertz CT molecular complexity index is 1210. The molecule has 5 rings (SSSR count). The lowest BCUT2D eigenvalue weighted by atomic mass is 9.87. The molecule has 1 aliphatic heterocycles. The third-order valence-corrected chi connectivity index (χ3v) is 6.65. The lowest BCUT2D eigenvalue weighted by molar-refractivity contribution is -0.0475. The molecule has 0 spiro atoms. The average molecular weight is 461 g/mol. The van der Waals surface area contributed by atoms with Crippen LogP contribution in [0.3, 0.4) is 0 Å². The van der Waals surface area contributed by atoms with E-state index in [4.69, 9.17) is 5.73 Å². The second-order valence-electron chi connectivity index (χ2n) is 9.02. The molecule has 0 unspecified atom stereocenters. The highest BCUT2D eigenvalue weighted by Gasteiger charge is 2.38. The highest BCUT2D eigenvalue weighted by atomic mass is 19.3. The Labute approximate surface area is 187 Å². The van der Waals surface area contributed by atoms with E-state index in [0.717, 1.165) is 6.07 Å². The fourth-order valence-corrected chi connectivity index (χ4v) is 4.78. The second-order valence-corrected chi connectivity index (χ2v) is 9.02. The summed E-state index contributed by atoms with van der Waals surface area (Å²) in [6, 6.07) is 5.12. The predicted octanol–water partition coefficient (Wildman–Crippen LogP) is 4.36. The second kappa shape index (κ2) is 8.00. The monoisotopic (exact) mass is 461 g/mol. The van der Waals surface area contributed by atoms with Crippen LogP contribution in [0, 0.1) is 17.6 Å². The molecule has 1 amide bonds. The molecule has 174 valence electrons. The van der Waals surface area contributed by atoms with Crippen molar-refractivity contribution < 1.29 is 22.4 Å². The number of halogens is 4. The highest BCUT2D eigenvalue weighted by Crippen LogP contribution is 2.39. The molecular weight excluding hydrogens is 438 g/mol. The molecule has 10 heteroatoms. The number of hydrogen-bond donors (Lipinski definition) is 1. The Balaban J connectivity index is 1.38. The first-order valence-corrected chi connectivity index (χ1v) is 10.9. The van der Waals surface area contributed by atoms with E-state index in [1.54, 1.807) is 15.6 Å². The normalized spacial score (nSPS) is 19.1. The summed E-state index contributed by atoms with van der Waals surface area (Å²) < 4.78 is 57.4. The van der Waals surface area contributed by atoms with Gasteiger partial charge in [0.15, 0.2) is 0 Å². The molecule has 1 saturated heterocycles. The van der Waals surface area contributed by atoms with Crippen molar-refractivity contribution in [2.24, 2.45) is 5.92 Å². The topological polar surface area (TPSA) is 77.0 Å². The molecule has 0 radical (unpaired) electrons. The standard InChI is InChI=1S/C23H23F4N5O/c24-16-8-17(25)20-18(9-16)32(10-13-1-4-23(26,27)5-2-13)30-21(20)15-11-31(12-15)22(33)14-3-6-29-19(28)7-14/h3,6-9,13,15H,1-2,4-5,10-12H2,(H2,28,29). The van der Waals surface area contributed by atoms with Crippen molar-refractivity contribution in [3.8, 4) is 0 Å². The minimum atomic E-state index is -2.65. The number of carbonyl (C=O) groups is 1. The zero-order valence-corrected chi connectivity index (χ0v) is 17.8. The van der Waals surface area contributed by atoms with Crippen molar-refractivity contribution in [1.29, 1.82) is 0 Å². The van der Waals surface area contributed by atoms with Gasteiger partial charge in [-0.25, -0.2) is 22.5 Å². The summed E-state index contributed by atoms with van der Waals surface area (Å²) >= 11 is 0. The maximum absolute atomic E-state index is 14.8. The number of rotatable bonds is 4. The Kier molecular flexibility index (Phi) is 5.25. The zero-order chi connectivity index (χ0) is 23.3. The summed E-state index contributed by atoms with van der Waals surface area (Å²) in [7, 11) is 0. The van der Waals surface area contributed by atoms with Crippen LogP contribution in [0.1, 0.15) is 47.7 Å². The lowest BCUT2D eigenvalue weighted by Gasteiger charge is -2.38. The fourth-order valence-electron chi connectivity index (χ4n) is 4.78. The van der Waals surface area contributed by atoms with E-state index >= 15 is 0 Å². The van der Waals surface area contributed by atoms with Gasteiger partial charge in [-0.3, -0.25) is 9.48 Å². The molecule has 3 aromatic rings. The quantitative estimate of drug-likeness (QED) is 0.586. The van der Waals surface area contributed by atoms with Gasteiger partial charge in [0.05, 0.1) is 16.6 Å². The third kappa shape index (κ3) is 4.14. The number of hydrogen-bond acceptors (Lipinski definition) is 4. The number of amides is 1. The number of fused-ring (bicyclic) bond motifs is 1. The maximum atomic E-state index is 14.8. The van der Waals surface area contributed by atoms with E-state index in [0.29, 0.717) is 49.2 Å². The van der Waals surface area contributed by atoms with Gasteiger partial charge in [0.25, 0.3) is 5.91 Å². The number of benzene rings is 1. The summed E-state index contributed by atoms with van der Waals surface area (Å²) in [5.41, 5.74) is 6.84. The average Bonchev–Trinajstić information content (AvgIpc) is 3.06. The van der Waals surface area contributed by atoms with Crippen LogP contribution < -0.4 is 5.73 Å². The minimum absolute atomic E-state index is 0.0384. The van der Waals surface area contributed by atoms with E-state index in [1.807, 2.05) is 0 Å². The molecule has 1 aromatic carbocycles. The number of nitrogen functional groups attached to an aromatic ring is 1. The number of aromatic nitrogens is 3. The van der Waals surface area contributed by atoms with Gasteiger partial charge in [-0.1, -0.05) is 0 Å². The Hall–Kier alpha value is -3.17. The molecule has 3 heterocycles. The van der Waals surface area contributed by atoms with Gasteiger partial charge >= 0.3 is 0 Å². The van der Waals surface area contributed by atoms with E-state index in [9.17, 15) is 22.4 Å². The SMILES string of the molecule is Nc1cc(C(=O)N2CC(c3nn(CC4CCC(F)(F)CC4)c4cc(F)cc(F)c34)C2)ccn1. The lowest BCUT2D eigenvalue weighted by Crippen LogP contribution is -2.48. The molecule has 0 bridgehead atoms. The van der Waals surface area contributed by atoms with Gasteiger partial charge in [0, 0.05) is 56.2 Å². The van der Waals surface area contributed by atoms with E-state index in [-0.39, 0.29) is 41.8 Å². The smallest absolute Gasteiger partial charge is 0.254 e. The molecule has 6 nitrogen and oxygen atoms in total. The van der Waals surface area contributed by atoms with Crippen LogP contribution in [0.15, 0.2) is 30.5 Å². The summed E-state index contributed by atoms with van der Waals surface area (Å²) in [5.74, 6) is -4.30. The van der Waals surface area contributed by atoms with Crippen molar-refractivity contribution in [2.75, 3.05) is 18.8 Å². The number of anilines is 1. The van der Waals surface area contributed by atoms with Crippen molar-refractivity contribution >= 4 is 22.6 Å². The van der Waals surface area contributed by atoms with Crippen LogP contribution >= 0.6 is 0 Å². The number of pyridine rings is 1. The molecule has 1 saturated carbocycles. The van der Waals surface area contributed by atoms with Crippen molar-refractivity contribution in [3.63, 3.8) is 0 Å².